The van der Waals surface area contributed by atoms with Crippen LogP contribution in [0.1, 0.15) is 10.6 Å². The molecular weight excluding hydrogens is 328 g/mol. The van der Waals surface area contributed by atoms with E-state index in [2.05, 4.69) is 10.5 Å². The second-order valence-electron chi connectivity index (χ2n) is 5.28. The number of hydrogen-bond acceptors (Lipinski definition) is 6. The van der Waals surface area contributed by atoms with E-state index in [0.717, 1.165) is 10.4 Å². The Labute approximate surface area is 142 Å². The van der Waals surface area contributed by atoms with Gasteiger partial charge in [0, 0.05) is 16.5 Å². The van der Waals surface area contributed by atoms with Crippen LogP contribution >= 0.6 is 11.3 Å². The molecular formula is C17H14N2O4S. The van der Waals surface area contributed by atoms with Crippen LogP contribution in [-0.2, 0) is 17.8 Å². The molecule has 1 aliphatic heterocycles. The van der Waals surface area contributed by atoms with Gasteiger partial charge in [-0.2, -0.15) is 0 Å². The summed E-state index contributed by atoms with van der Waals surface area (Å²) >= 11 is 1.61. The molecule has 0 radical (unpaired) electrons. The number of benzene rings is 1. The molecule has 0 spiro atoms. The molecule has 3 aromatic rings. The van der Waals surface area contributed by atoms with E-state index >= 15 is 0 Å². The zero-order valence-corrected chi connectivity index (χ0v) is 13.5. The van der Waals surface area contributed by atoms with Gasteiger partial charge in [0.05, 0.1) is 18.7 Å². The van der Waals surface area contributed by atoms with E-state index in [4.69, 9.17) is 14.0 Å². The lowest BCUT2D eigenvalue weighted by molar-refractivity contribution is -0.120. The van der Waals surface area contributed by atoms with Gasteiger partial charge in [-0.3, -0.25) is 4.79 Å². The van der Waals surface area contributed by atoms with Gasteiger partial charge in [0.1, 0.15) is 0 Å². The van der Waals surface area contributed by atoms with Crippen molar-refractivity contribution >= 4 is 17.2 Å². The fourth-order valence-corrected chi connectivity index (χ4v) is 3.05. The normalized spacial score (nSPS) is 12.3. The lowest BCUT2D eigenvalue weighted by Gasteiger charge is -2.01. The molecule has 2 aromatic heterocycles. The van der Waals surface area contributed by atoms with Gasteiger partial charge in [-0.25, -0.2) is 0 Å². The van der Waals surface area contributed by atoms with Gasteiger partial charge in [-0.1, -0.05) is 11.2 Å². The number of amides is 1. The molecule has 4 rings (SSSR count). The largest absolute Gasteiger partial charge is 0.454 e. The topological polar surface area (TPSA) is 73.6 Å². The van der Waals surface area contributed by atoms with Crippen molar-refractivity contribution in [1.82, 2.24) is 10.5 Å². The van der Waals surface area contributed by atoms with Gasteiger partial charge in [-0.15, -0.1) is 11.3 Å². The van der Waals surface area contributed by atoms with Crippen molar-refractivity contribution in [3.05, 3.63) is 52.3 Å². The summed E-state index contributed by atoms with van der Waals surface area (Å²) in [5.41, 5.74) is 1.42. The van der Waals surface area contributed by atoms with E-state index in [-0.39, 0.29) is 19.1 Å². The van der Waals surface area contributed by atoms with Gasteiger partial charge in [0.15, 0.2) is 17.3 Å². The molecule has 0 saturated carbocycles. The number of aromatic nitrogens is 1. The molecule has 0 bridgehead atoms. The van der Waals surface area contributed by atoms with Crippen molar-refractivity contribution < 1.29 is 18.8 Å². The number of hydrogen-bond donors (Lipinski definition) is 1. The highest BCUT2D eigenvalue weighted by molar-refractivity contribution is 7.09. The number of nitrogens with one attached hydrogen (secondary N) is 1. The Bertz CT molecular complexity index is 857. The van der Waals surface area contributed by atoms with E-state index in [1.807, 2.05) is 35.7 Å². The predicted octanol–water partition coefficient (Wildman–Crippen LogP) is 2.99. The van der Waals surface area contributed by atoms with Crippen molar-refractivity contribution in [2.24, 2.45) is 0 Å². The Hall–Kier alpha value is -2.80. The lowest BCUT2D eigenvalue weighted by atomic mass is 10.1. The quantitative estimate of drug-likeness (QED) is 0.772. The molecule has 122 valence electrons. The molecule has 1 amide bonds. The number of carbonyl (C=O) groups is 1. The van der Waals surface area contributed by atoms with Gasteiger partial charge < -0.3 is 19.3 Å². The SMILES string of the molecule is O=C(Cc1cc(-c2ccc3c(c2)OCO3)on1)NCc1cccs1. The van der Waals surface area contributed by atoms with E-state index in [1.165, 1.54) is 0 Å². The van der Waals surface area contributed by atoms with E-state index in [1.54, 1.807) is 17.4 Å². The Morgan fingerprint density at radius 1 is 1.21 bits per heavy atom. The van der Waals surface area contributed by atoms with E-state index < -0.39 is 0 Å². The number of thiophene rings is 1. The fraction of sp³-hybridized carbons (Fsp3) is 0.176. The summed E-state index contributed by atoms with van der Waals surface area (Å²) < 4.78 is 16.0. The lowest BCUT2D eigenvalue weighted by Crippen LogP contribution is -2.24. The molecule has 1 N–H and O–H groups in total. The number of rotatable bonds is 5. The third-order valence-electron chi connectivity index (χ3n) is 3.60. The Balaban J connectivity index is 1.40. The van der Waals surface area contributed by atoms with E-state index in [9.17, 15) is 4.79 Å². The third kappa shape index (κ3) is 3.11. The zero-order valence-electron chi connectivity index (χ0n) is 12.7. The average molecular weight is 342 g/mol. The maximum Gasteiger partial charge on any atom is 0.231 e. The van der Waals surface area contributed by atoms with Gasteiger partial charge in [-0.05, 0) is 29.6 Å². The molecule has 0 atom stereocenters. The zero-order chi connectivity index (χ0) is 16.4. The second-order valence-corrected chi connectivity index (χ2v) is 6.32. The van der Waals surface area contributed by atoms with Crippen LogP contribution in [0.3, 0.4) is 0 Å². The number of fused-ring (bicyclic) bond motifs is 1. The van der Waals surface area contributed by atoms with Crippen molar-refractivity contribution in [1.29, 1.82) is 0 Å². The fourth-order valence-electron chi connectivity index (χ4n) is 2.41. The molecule has 24 heavy (non-hydrogen) atoms. The van der Waals surface area contributed by atoms with Crippen molar-refractivity contribution in [2.75, 3.05) is 6.79 Å². The maximum absolute atomic E-state index is 12.0. The van der Waals surface area contributed by atoms with Crippen LogP contribution in [0, 0.1) is 0 Å². The molecule has 6 nitrogen and oxygen atoms in total. The molecule has 3 heterocycles. The first-order chi connectivity index (χ1) is 11.8. The minimum absolute atomic E-state index is 0.0889. The first kappa shape index (κ1) is 14.8. The smallest absolute Gasteiger partial charge is 0.231 e. The highest BCUT2D eigenvalue weighted by Crippen LogP contribution is 2.36. The van der Waals surface area contributed by atoms with Crippen molar-refractivity contribution in [2.45, 2.75) is 13.0 Å². The molecule has 0 fully saturated rings. The number of ether oxygens (including phenoxy) is 2. The van der Waals surface area contributed by atoms with Gasteiger partial charge in [0.25, 0.3) is 0 Å². The number of carbonyl (C=O) groups excluding carboxylic acids is 1. The highest BCUT2D eigenvalue weighted by atomic mass is 32.1. The summed E-state index contributed by atoms with van der Waals surface area (Å²) in [5, 5.41) is 8.82. The molecule has 7 heteroatoms. The van der Waals surface area contributed by atoms with Crippen LogP contribution in [0.2, 0.25) is 0 Å². The van der Waals surface area contributed by atoms with Crippen LogP contribution < -0.4 is 14.8 Å². The third-order valence-corrected chi connectivity index (χ3v) is 4.47. The first-order valence-corrected chi connectivity index (χ1v) is 8.30. The van der Waals surface area contributed by atoms with Crippen LogP contribution in [0.25, 0.3) is 11.3 Å². The van der Waals surface area contributed by atoms with Crippen molar-refractivity contribution in [3.63, 3.8) is 0 Å². The summed E-state index contributed by atoms with van der Waals surface area (Å²) in [6, 6.07) is 11.2. The van der Waals surface area contributed by atoms with Crippen molar-refractivity contribution in [3.8, 4) is 22.8 Å². The standard InChI is InChI=1S/C17H14N2O4S/c20-17(18-9-13-2-1-5-24-13)8-12-7-15(23-19-12)11-3-4-14-16(6-11)22-10-21-14/h1-7H,8-10H2,(H,18,20). The monoisotopic (exact) mass is 342 g/mol. The Morgan fingerprint density at radius 2 is 2.12 bits per heavy atom. The highest BCUT2D eigenvalue weighted by Gasteiger charge is 2.16. The molecule has 0 aliphatic carbocycles. The van der Waals surface area contributed by atoms with E-state index in [0.29, 0.717) is 29.5 Å². The summed E-state index contributed by atoms with van der Waals surface area (Å²) in [6.07, 6.45) is 0.180. The molecule has 0 saturated heterocycles. The molecule has 1 aliphatic rings. The first-order valence-electron chi connectivity index (χ1n) is 7.42. The Morgan fingerprint density at radius 3 is 3.00 bits per heavy atom. The van der Waals surface area contributed by atoms with Crippen LogP contribution in [-0.4, -0.2) is 17.9 Å². The van der Waals surface area contributed by atoms with Crippen LogP contribution in [0.5, 0.6) is 11.5 Å². The van der Waals surface area contributed by atoms with Gasteiger partial charge >= 0.3 is 0 Å². The average Bonchev–Trinajstić information content (AvgIpc) is 3.33. The Kier molecular flexibility index (Phi) is 3.92. The molecule has 0 unspecified atom stereocenters. The minimum Gasteiger partial charge on any atom is -0.454 e. The van der Waals surface area contributed by atoms with Crippen LogP contribution in [0.4, 0.5) is 0 Å². The summed E-state index contributed by atoms with van der Waals surface area (Å²) in [6.45, 7) is 0.758. The summed E-state index contributed by atoms with van der Waals surface area (Å²) in [5.74, 6) is 1.90. The van der Waals surface area contributed by atoms with Gasteiger partial charge in [0.2, 0.25) is 12.7 Å². The minimum atomic E-state index is -0.0889. The second kappa shape index (κ2) is 6.37. The van der Waals surface area contributed by atoms with Crippen LogP contribution in [0.15, 0.2) is 46.3 Å². The predicted molar refractivity (Wildman–Crippen MR) is 87.9 cm³/mol. The summed E-state index contributed by atoms with van der Waals surface area (Å²) in [4.78, 5) is 13.1. The maximum atomic E-state index is 12.0. The molecule has 1 aromatic carbocycles. The summed E-state index contributed by atoms with van der Waals surface area (Å²) in [7, 11) is 0. The number of nitrogens with zero attached hydrogens (tertiary/aromatic N) is 1.